The lowest BCUT2D eigenvalue weighted by atomic mass is 9.78. The van der Waals surface area contributed by atoms with Crippen molar-refractivity contribution in [3.05, 3.63) is 42.0 Å². The fourth-order valence-electron chi connectivity index (χ4n) is 2.78. The van der Waals surface area contributed by atoms with Crippen molar-refractivity contribution in [3.8, 4) is 0 Å². The molecule has 0 aliphatic heterocycles. The zero-order valence-electron chi connectivity index (χ0n) is 11.1. The normalized spacial score (nSPS) is 16.9. The highest BCUT2D eigenvalue weighted by molar-refractivity contribution is 7.80. The molecule has 0 heterocycles. The topological polar surface area (TPSA) is 38.0 Å². The third kappa shape index (κ3) is 2.19. The number of nitrogens with one attached hydrogen (secondary N) is 1. The van der Waals surface area contributed by atoms with Crippen molar-refractivity contribution >= 4 is 33.7 Å². The first kappa shape index (κ1) is 12.4. The molecule has 0 amide bonds. The summed E-state index contributed by atoms with van der Waals surface area (Å²) in [7, 11) is 0. The Kier molecular flexibility index (Phi) is 2.94. The number of fused-ring (bicyclic) bond motifs is 1. The molecule has 3 heteroatoms. The lowest BCUT2D eigenvalue weighted by molar-refractivity contribution is 0.307. The van der Waals surface area contributed by atoms with E-state index < -0.39 is 0 Å². The predicted molar refractivity (Wildman–Crippen MR) is 85.7 cm³/mol. The number of nitrogens with two attached hydrogens (primary N) is 1. The first-order valence-electron chi connectivity index (χ1n) is 6.69. The molecule has 98 valence electrons. The third-order valence-electron chi connectivity index (χ3n) is 4.08. The van der Waals surface area contributed by atoms with E-state index in [0.29, 0.717) is 4.99 Å². The molecule has 2 aromatic carbocycles. The summed E-state index contributed by atoms with van der Waals surface area (Å²) in [5, 5.41) is 6.00. The van der Waals surface area contributed by atoms with E-state index in [-0.39, 0.29) is 5.54 Å². The molecule has 19 heavy (non-hydrogen) atoms. The van der Waals surface area contributed by atoms with Gasteiger partial charge in [-0.15, -0.1) is 0 Å². The van der Waals surface area contributed by atoms with Gasteiger partial charge in [-0.3, -0.25) is 0 Å². The van der Waals surface area contributed by atoms with Gasteiger partial charge in [-0.05, 0) is 43.7 Å². The molecule has 1 aliphatic rings. The molecule has 1 fully saturated rings. The summed E-state index contributed by atoms with van der Waals surface area (Å²) in [5.41, 5.74) is 8.18. The van der Waals surface area contributed by atoms with E-state index >= 15 is 0 Å². The van der Waals surface area contributed by atoms with Crippen LogP contribution in [0.5, 0.6) is 0 Å². The largest absolute Gasteiger partial charge is 0.389 e. The van der Waals surface area contributed by atoms with Crippen molar-refractivity contribution in [2.75, 3.05) is 5.32 Å². The minimum Gasteiger partial charge on any atom is -0.389 e. The van der Waals surface area contributed by atoms with Gasteiger partial charge >= 0.3 is 0 Å². The van der Waals surface area contributed by atoms with Gasteiger partial charge in [0.25, 0.3) is 0 Å². The van der Waals surface area contributed by atoms with Gasteiger partial charge in [0.2, 0.25) is 0 Å². The minimum absolute atomic E-state index is 0.244. The molecule has 0 radical (unpaired) electrons. The van der Waals surface area contributed by atoms with Gasteiger partial charge in [0.15, 0.2) is 0 Å². The van der Waals surface area contributed by atoms with Crippen molar-refractivity contribution in [1.82, 2.24) is 0 Å². The highest BCUT2D eigenvalue weighted by Gasteiger charge is 2.31. The van der Waals surface area contributed by atoms with Crippen LogP contribution in [-0.4, -0.2) is 10.5 Å². The maximum atomic E-state index is 5.81. The lowest BCUT2D eigenvalue weighted by Crippen LogP contribution is -2.41. The summed E-state index contributed by atoms with van der Waals surface area (Å²) in [6.45, 7) is 2.28. The van der Waals surface area contributed by atoms with Gasteiger partial charge in [-0.2, -0.15) is 0 Å². The van der Waals surface area contributed by atoms with Gasteiger partial charge < -0.3 is 11.1 Å². The molecule has 0 saturated heterocycles. The maximum absolute atomic E-state index is 5.81. The lowest BCUT2D eigenvalue weighted by Gasteiger charge is -2.40. The highest BCUT2D eigenvalue weighted by Crippen LogP contribution is 2.37. The first-order chi connectivity index (χ1) is 9.09. The summed E-state index contributed by atoms with van der Waals surface area (Å²) in [6, 6.07) is 12.4. The van der Waals surface area contributed by atoms with Crippen molar-refractivity contribution in [3.63, 3.8) is 0 Å². The monoisotopic (exact) mass is 270 g/mol. The summed E-state index contributed by atoms with van der Waals surface area (Å²) in [4.78, 5) is 0.456. The van der Waals surface area contributed by atoms with Gasteiger partial charge in [-0.25, -0.2) is 0 Å². The number of hydrogen-bond donors (Lipinski definition) is 2. The van der Waals surface area contributed by atoms with Crippen LogP contribution in [0.1, 0.15) is 31.7 Å². The highest BCUT2D eigenvalue weighted by atomic mass is 32.1. The van der Waals surface area contributed by atoms with Crippen LogP contribution in [0.25, 0.3) is 10.8 Å². The number of anilines is 1. The molecule has 1 saturated carbocycles. The average Bonchev–Trinajstić information content (AvgIpc) is 2.37. The Hall–Kier alpha value is -1.61. The zero-order chi connectivity index (χ0) is 13.5. The number of benzene rings is 2. The van der Waals surface area contributed by atoms with Crippen LogP contribution in [0.3, 0.4) is 0 Å². The van der Waals surface area contributed by atoms with Gasteiger partial charge in [-0.1, -0.05) is 36.5 Å². The van der Waals surface area contributed by atoms with Crippen molar-refractivity contribution in [2.45, 2.75) is 31.7 Å². The second-order valence-electron chi connectivity index (χ2n) is 5.61. The second kappa shape index (κ2) is 4.49. The van der Waals surface area contributed by atoms with Crippen LogP contribution >= 0.6 is 12.2 Å². The summed E-state index contributed by atoms with van der Waals surface area (Å²) in [5.74, 6) is 0. The first-order valence-corrected chi connectivity index (χ1v) is 7.10. The van der Waals surface area contributed by atoms with Gasteiger partial charge in [0.1, 0.15) is 4.99 Å². The predicted octanol–water partition coefficient (Wildman–Crippen LogP) is 3.83. The van der Waals surface area contributed by atoms with Crippen LogP contribution < -0.4 is 11.1 Å². The third-order valence-corrected chi connectivity index (χ3v) is 4.30. The maximum Gasteiger partial charge on any atom is 0.104 e. The van der Waals surface area contributed by atoms with E-state index in [0.717, 1.165) is 10.9 Å². The van der Waals surface area contributed by atoms with E-state index in [1.165, 1.54) is 30.3 Å². The minimum atomic E-state index is 0.244. The van der Waals surface area contributed by atoms with Crippen molar-refractivity contribution in [1.29, 1.82) is 0 Å². The molecule has 2 nitrogen and oxygen atoms in total. The number of hydrogen-bond acceptors (Lipinski definition) is 2. The Morgan fingerprint density at radius 3 is 2.42 bits per heavy atom. The van der Waals surface area contributed by atoms with Gasteiger partial charge in [0, 0.05) is 22.2 Å². The van der Waals surface area contributed by atoms with Crippen LogP contribution in [0, 0.1) is 0 Å². The summed E-state index contributed by atoms with van der Waals surface area (Å²) < 4.78 is 0. The SMILES string of the molecule is CC1(Nc2ccc(C(N)=S)c3ccccc23)CCC1. The Bertz CT molecular complexity index is 644. The van der Waals surface area contributed by atoms with Gasteiger partial charge in [0.05, 0.1) is 0 Å². The molecule has 0 aromatic heterocycles. The summed E-state index contributed by atoms with van der Waals surface area (Å²) >= 11 is 5.13. The molecule has 1 aliphatic carbocycles. The van der Waals surface area contributed by atoms with Crippen molar-refractivity contribution < 1.29 is 0 Å². The molecular formula is C16H18N2S. The van der Waals surface area contributed by atoms with E-state index in [9.17, 15) is 0 Å². The molecule has 3 N–H and O–H groups in total. The standard InChI is InChI=1S/C16H18N2S/c1-16(9-4-10-16)18-14-8-7-13(15(17)19)11-5-2-3-6-12(11)14/h2-3,5-8,18H,4,9-10H2,1H3,(H2,17,19). The van der Waals surface area contributed by atoms with E-state index in [2.05, 4.69) is 36.5 Å². The van der Waals surface area contributed by atoms with Crippen LogP contribution in [0.2, 0.25) is 0 Å². The van der Waals surface area contributed by atoms with E-state index in [4.69, 9.17) is 18.0 Å². The molecular weight excluding hydrogens is 252 g/mol. The quantitative estimate of drug-likeness (QED) is 0.832. The Morgan fingerprint density at radius 1 is 1.16 bits per heavy atom. The molecule has 2 aromatic rings. The average molecular weight is 270 g/mol. The fraction of sp³-hybridized carbons (Fsp3) is 0.312. The van der Waals surface area contributed by atoms with E-state index in [1.807, 2.05) is 12.1 Å². The molecule has 0 atom stereocenters. The second-order valence-corrected chi connectivity index (χ2v) is 6.05. The number of rotatable bonds is 3. The smallest absolute Gasteiger partial charge is 0.104 e. The zero-order valence-corrected chi connectivity index (χ0v) is 11.9. The Morgan fingerprint density at radius 2 is 1.84 bits per heavy atom. The fourth-order valence-corrected chi connectivity index (χ4v) is 2.96. The molecule has 0 spiro atoms. The number of thiocarbonyl (C=S) groups is 1. The van der Waals surface area contributed by atoms with E-state index in [1.54, 1.807) is 0 Å². The summed E-state index contributed by atoms with van der Waals surface area (Å²) in [6.07, 6.45) is 3.78. The van der Waals surface area contributed by atoms with Crippen LogP contribution in [-0.2, 0) is 0 Å². The van der Waals surface area contributed by atoms with Crippen LogP contribution in [0.15, 0.2) is 36.4 Å². The van der Waals surface area contributed by atoms with Crippen molar-refractivity contribution in [2.24, 2.45) is 5.73 Å². The Balaban J connectivity index is 2.11. The van der Waals surface area contributed by atoms with Crippen LogP contribution in [0.4, 0.5) is 5.69 Å². The molecule has 0 unspecified atom stereocenters. The molecule has 3 rings (SSSR count). The molecule has 0 bridgehead atoms. The Labute approximate surface area is 119 Å².